The molecule has 14 heavy (non-hydrogen) atoms. The molecule has 0 saturated heterocycles. The van der Waals surface area contributed by atoms with Crippen molar-refractivity contribution in [3.05, 3.63) is 17.8 Å². The zero-order chi connectivity index (χ0) is 9.97. The van der Waals surface area contributed by atoms with Crippen molar-refractivity contribution >= 4 is 0 Å². The van der Waals surface area contributed by atoms with E-state index in [4.69, 9.17) is 4.42 Å². The lowest BCUT2D eigenvalue weighted by Gasteiger charge is -2.23. The average molecular weight is 194 g/mol. The van der Waals surface area contributed by atoms with E-state index in [1.807, 2.05) is 13.2 Å². The predicted octanol–water partition coefficient (Wildman–Crippen LogP) is 2.30. The van der Waals surface area contributed by atoms with Crippen molar-refractivity contribution in [2.75, 3.05) is 7.05 Å². The fourth-order valence-corrected chi connectivity index (χ4v) is 1.72. The van der Waals surface area contributed by atoms with Gasteiger partial charge in [-0.15, -0.1) is 0 Å². The number of oxazole rings is 1. The number of aromatic nitrogens is 1. The van der Waals surface area contributed by atoms with Gasteiger partial charge in [-0.1, -0.05) is 19.3 Å². The average Bonchev–Trinajstić information content (AvgIpc) is 2.58. The van der Waals surface area contributed by atoms with Crippen LogP contribution < -0.4 is 5.32 Å². The van der Waals surface area contributed by atoms with Crippen molar-refractivity contribution in [3.63, 3.8) is 0 Å². The summed E-state index contributed by atoms with van der Waals surface area (Å²) in [6.07, 6.45) is 7.05. The zero-order valence-corrected chi connectivity index (χ0v) is 8.92. The van der Waals surface area contributed by atoms with Gasteiger partial charge in [0.05, 0.1) is 12.2 Å². The summed E-state index contributed by atoms with van der Waals surface area (Å²) >= 11 is 0. The maximum Gasteiger partial charge on any atom is 0.211 e. The molecule has 2 rings (SSSR count). The first kappa shape index (κ1) is 9.71. The Morgan fingerprint density at radius 1 is 1.64 bits per heavy atom. The van der Waals surface area contributed by atoms with Gasteiger partial charge >= 0.3 is 0 Å². The van der Waals surface area contributed by atoms with Gasteiger partial charge in [-0.05, 0) is 19.9 Å². The number of rotatable bonds is 4. The van der Waals surface area contributed by atoms with Gasteiger partial charge in [0.1, 0.15) is 5.76 Å². The van der Waals surface area contributed by atoms with Crippen molar-refractivity contribution in [2.24, 2.45) is 5.92 Å². The van der Waals surface area contributed by atoms with Crippen LogP contribution in [0.15, 0.2) is 10.6 Å². The highest BCUT2D eigenvalue weighted by molar-refractivity contribution is 4.99. The third-order valence-corrected chi connectivity index (χ3v) is 3.09. The SMILES string of the molecule is CNC(C)c1ncc(CC2CCC2)o1. The van der Waals surface area contributed by atoms with Gasteiger partial charge in [0.25, 0.3) is 0 Å². The lowest BCUT2D eigenvalue weighted by atomic mass is 9.82. The summed E-state index contributed by atoms with van der Waals surface area (Å²) in [6.45, 7) is 2.05. The molecule has 1 aromatic heterocycles. The van der Waals surface area contributed by atoms with Crippen LogP contribution in [0.4, 0.5) is 0 Å². The maximum absolute atomic E-state index is 5.67. The molecule has 1 atom stereocenters. The molecule has 1 saturated carbocycles. The molecule has 1 aliphatic carbocycles. The van der Waals surface area contributed by atoms with E-state index >= 15 is 0 Å². The first-order chi connectivity index (χ1) is 6.79. The monoisotopic (exact) mass is 194 g/mol. The molecule has 78 valence electrons. The van der Waals surface area contributed by atoms with E-state index in [1.165, 1.54) is 19.3 Å². The molecule has 0 radical (unpaired) electrons. The molecule has 3 heteroatoms. The molecule has 0 amide bonds. The lowest BCUT2D eigenvalue weighted by molar-refractivity contribution is 0.288. The van der Waals surface area contributed by atoms with E-state index in [0.29, 0.717) is 0 Å². The van der Waals surface area contributed by atoms with Crippen LogP contribution >= 0.6 is 0 Å². The number of nitrogens with zero attached hydrogens (tertiary/aromatic N) is 1. The van der Waals surface area contributed by atoms with Gasteiger partial charge in [-0.25, -0.2) is 4.98 Å². The van der Waals surface area contributed by atoms with E-state index in [-0.39, 0.29) is 6.04 Å². The lowest BCUT2D eigenvalue weighted by Crippen LogP contribution is -2.13. The fourth-order valence-electron chi connectivity index (χ4n) is 1.72. The third-order valence-electron chi connectivity index (χ3n) is 3.09. The van der Waals surface area contributed by atoms with Gasteiger partial charge in [0, 0.05) is 6.42 Å². The van der Waals surface area contributed by atoms with E-state index < -0.39 is 0 Å². The summed E-state index contributed by atoms with van der Waals surface area (Å²) in [5.74, 6) is 2.70. The topological polar surface area (TPSA) is 38.1 Å². The molecule has 1 aliphatic rings. The van der Waals surface area contributed by atoms with Crippen molar-refractivity contribution < 1.29 is 4.42 Å². The largest absolute Gasteiger partial charge is 0.444 e. The highest BCUT2D eigenvalue weighted by Crippen LogP contribution is 2.30. The van der Waals surface area contributed by atoms with Crippen molar-refractivity contribution in [1.29, 1.82) is 0 Å². The predicted molar refractivity (Wildman–Crippen MR) is 55.0 cm³/mol. The second-order valence-corrected chi connectivity index (χ2v) is 4.18. The smallest absolute Gasteiger partial charge is 0.211 e. The Bertz CT molecular complexity index is 291. The van der Waals surface area contributed by atoms with E-state index in [0.717, 1.165) is 24.0 Å². The minimum absolute atomic E-state index is 0.213. The van der Waals surface area contributed by atoms with Crippen LogP contribution in [0.5, 0.6) is 0 Å². The molecular formula is C11H18N2O. The van der Waals surface area contributed by atoms with Gasteiger partial charge in [-0.2, -0.15) is 0 Å². The number of nitrogens with one attached hydrogen (secondary N) is 1. The molecule has 0 spiro atoms. The fraction of sp³-hybridized carbons (Fsp3) is 0.727. The van der Waals surface area contributed by atoms with Crippen molar-refractivity contribution in [2.45, 2.75) is 38.6 Å². The Balaban J connectivity index is 1.94. The highest BCUT2D eigenvalue weighted by Gasteiger charge is 2.20. The Labute approximate surface area is 84.9 Å². The molecule has 1 fully saturated rings. The summed E-state index contributed by atoms with van der Waals surface area (Å²) in [5.41, 5.74) is 0. The van der Waals surface area contributed by atoms with Crippen LogP contribution in [0.3, 0.4) is 0 Å². The van der Waals surface area contributed by atoms with Crippen LogP contribution in [0.1, 0.15) is 43.9 Å². The Morgan fingerprint density at radius 2 is 2.43 bits per heavy atom. The summed E-state index contributed by atoms with van der Waals surface area (Å²) in [5, 5.41) is 3.12. The van der Waals surface area contributed by atoms with Crippen LogP contribution in [-0.4, -0.2) is 12.0 Å². The van der Waals surface area contributed by atoms with Crippen molar-refractivity contribution in [1.82, 2.24) is 10.3 Å². The van der Waals surface area contributed by atoms with E-state index in [1.54, 1.807) is 0 Å². The second kappa shape index (κ2) is 4.13. The van der Waals surface area contributed by atoms with E-state index in [9.17, 15) is 0 Å². The van der Waals surface area contributed by atoms with Crippen LogP contribution in [-0.2, 0) is 6.42 Å². The van der Waals surface area contributed by atoms with Crippen LogP contribution in [0.25, 0.3) is 0 Å². The molecular weight excluding hydrogens is 176 g/mol. The summed E-state index contributed by atoms with van der Waals surface area (Å²) in [7, 11) is 1.92. The molecule has 1 N–H and O–H groups in total. The first-order valence-corrected chi connectivity index (χ1v) is 5.41. The molecule has 0 bridgehead atoms. The Kier molecular flexibility index (Phi) is 2.87. The standard InChI is InChI=1S/C11H18N2O/c1-8(12-2)11-13-7-10(14-11)6-9-4-3-5-9/h7-9,12H,3-6H2,1-2H3. The van der Waals surface area contributed by atoms with Gasteiger partial charge in [-0.3, -0.25) is 0 Å². The van der Waals surface area contributed by atoms with E-state index in [2.05, 4.69) is 17.2 Å². The highest BCUT2D eigenvalue weighted by atomic mass is 16.4. The molecule has 3 nitrogen and oxygen atoms in total. The number of hydrogen-bond donors (Lipinski definition) is 1. The Morgan fingerprint density at radius 3 is 3.00 bits per heavy atom. The minimum Gasteiger partial charge on any atom is -0.444 e. The maximum atomic E-state index is 5.67. The quantitative estimate of drug-likeness (QED) is 0.799. The molecule has 1 aromatic rings. The first-order valence-electron chi connectivity index (χ1n) is 5.41. The summed E-state index contributed by atoms with van der Waals surface area (Å²) in [4.78, 5) is 4.27. The zero-order valence-electron chi connectivity index (χ0n) is 8.92. The number of hydrogen-bond acceptors (Lipinski definition) is 3. The normalized spacial score (nSPS) is 19.3. The third kappa shape index (κ3) is 1.98. The van der Waals surface area contributed by atoms with Crippen LogP contribution in [0, 0.1) is 5.92 Å². The molecule has 1 unspecified atom stereocenters. The van der Waals surface area contributed by atoms with Crippen molar-refractivity contribution in [3.8, 4) is 0 Å². The molecule has 0 aliphatic heterocycles. The van der Waals surface area contributed by atoms with Gasteiger partial charge < -0.3 is 9.73 Å². The molecule has 0 aromatic carbocycles. The van der Waals surface area contributed by atoms with Gasteiger partial charge in [0.15, 0.2) is 0 Å². The van der Waals surface area contributed by atoms with Crippen LogP contribution in [0.2, 0.25) is 0 Å². The molecule has 1 heterocycles. The second-order valence-electron chi connectivity index (χ2n) is 4.18. The Hall–Kier alpha value is -0.830. The minimum atomic E-state index is 0.213. The summed E-state index contributed by atoms with van der Waals surface area (Å²) in [6, 6.07) is 0.213. The van der Waals surface area contributed by atoms with Gasteiger partial charge in [0.2, 0.25) is 5.89 Å². The summed E-state index contributed by atoms with van der Waals surface area (Å²) < 4.78 is 5.67.